The molecule has 5 heteroatoms. The molecule has 0 atom stereocenters. The molecular formula is C35H32N4S. The molecule has 0 saturated heterocycles. The number of fused-ring (bicyclic) bond motifs is 5. The first-order valence-corrected chi connectivity index (χ1v) is 14.6. The number of rotatable bonds is 1. The minimum absolute atomic E-state index is 0.180. The van der Waals surface area contributed by atoms with Crippen molar-refractivity contribution < 1.29 is 0 Å². The molecule has 0 amide bonds. The van der Waals surface area contributed by atoms with E-state index < -0.39 is 0 Å². The second-order valence-electron chi connectivity index (χ2n) is 12.9. The summed E-state index contributed by atoms with van der Waals surface area (Å²) in [5.74, 6) is 2.37. The highest BCUT2D eigenvalue weighted by molar-refractivity contribution is 8.00. The van der Waals surface area contributed by atoms with Gasteiger partial charge in [-0.15, -0.1) is 0 Å². The average molecular weight is 541 g/mol. The van der Waals surface area contributed by atoms with E-state index in [2.05, 4.69) is 109 Å². The summed E-state index contributed by atoms with van der Waals surface area (Å²) in [5, 5.41) is 7.39. The summed E-state index contributed by atoms with van der Waals surface area (Å²) in [5.41, 5.74) is 4.24. The largest absolute Gasteiger partial charge is 0.256 e. The summed E-state index contributed by atoms with van der Waals surface area (Å²) >= 11 is 1.87. The molecular weight excluding hydrogens is 508 g/mol. The van der Waals surface area contributed by atoms with E-state index in [0.717, 1.165) is 28.7 Å². The highest BCUT2D eigenvalue weighted by Crippen LogP contribution is 2.51. The molecule has 0 saturated carbocycles. The molecule has 1 aliphatic rings. The van der Waals surface area contributed by atoms with Crippen LogP contribution in [0.15, 0.2) is 76.7 Å². The van der Waals surface area contributed by atoms with Gasteiger partial charge in [0.2, 0.25) is 0 Å². The van der Waals surface area contributed by atoms with E-state index in [-0.39, 0.29) is 10.8 Å². The van der Waals surface area contributed by atoms with Gasteiger partial charge < -0.3 is 0 Å². The lowest BCUT2D eigenvalue weighted by atomic mass is 9.92. The summed E-state index contributed by atoms with van der Waals surface area (Å²) in [6, 6.07) is 22.0. The summed E-state index contributed by atoms with van der Waals surface area (Å²) in [6.07, 6.45) is 1.95. The van der Waals surface area contributed by atoms with Crippen LogP contribution in [0, 0.1) is 6.92 Å². The molecule has 3 heterocycles. The molecule has 0 N–H and O–H groups in total. The number of hydrogen-bond donors (Lipinski definition) is 0. The Morgan fingerprint density at radius 3 is 2.10 bits per heavy atom. The van der Waals surface area contributed by atoms with Gasteiger partial charge in [0.25, 0.3) is 0 Å². The van der Waals surface area contributed by atoms with Crippen LogP contribution in [-0.2, 0) is 10.8 Å². The number of nitrogens with zero attached hydrogens (tertiary/aromatic N) is 4. The van der Waals surface area contributed by atoms with Crippen molar-refractivity contribution in [3.8, 4) is 22.6 Å². The second-order valence-corrected chi connectivity index (χ2v) is 14.0. The number of aromatic nitrogens is 4. The molecule has 4 nitrogen and oxygen atoms in total. The maximum Gasteiger partial charge on any atom is 0.163 e. The molecule has 4 aromatic carbocycles. The van der Waals surface area contributed by atoms with Crippen LogP contribution in [0.2, 0.25) is 0 Å². The zero-order valence-electron chi connectivity index (χ0n) is 24.0. The number of benzene rings is 4. The number of hydrogen-bond acceptors (Lipinski definition) is 5. The predicted octanol–water partition coefficient (Wildman–Crippen LogP) is 9.43. The molecule has 0 fully saturated rings. The SMILES string of the molecule is Cc1c2c(cc3ccccc13)-c1nccc3c1c(cc1ccc(-c4nc(C(C)(C)C)nc(C(C)(C)C)n4)cc13)S2. The van der Waals surface area contributed by atoms with Crippen LogP contribution in [0.4, 0.5) is 0 Å². The van der Waals surface area contributed by atoms with E-state index in [0.29, 0.717) is 0 Å². The van der Waals surface area contributed by atoms with Crippen LogP contribution in [0.3, 0.4) is 0 Å². The molecule has 0 unspecified atom stereocenters. The highest BCUT2D eigenvalue weighted by Gasteiger charge is 2.27. The van der Waals surface area contributed by atoms with Crippen molar-refractivity contribution in [1.82, 2.24) is 19.9 Å². The fourth-order valence-corrected chi connectivity index (χ4v) is 6.83. The van der Waals surface area contributed by atoms with Gasteiger partial charge >= 0.3 is 0 Å². The fraction of sp³-hybridized carbons (Fsp3) is 0.257. The van der Waals surface area contributed by atoms with Crippen molar-refractivity contribution in [2.24, 2.45) is 0 Å². The van der Waals surface area contributed by atoms with E-state index in [1.165, 1.54) is 53.2 Å². The van der Waals surface area contributed by atoms with E-state index in [9.17, 15) is 0 Å². The second kappa shape index (κ2) is 8.58. The van der Waals surface area contributed by atoms with E-state index >= 15 is 0 Å². The van der Waals surface area contributed by atoms with Gasteiger partial charge in [0.1, 0.15) is 11.6 Å². The summed E-state index contributed by atoms with van der Waals surface area (Å²) < 4.78 is 0. The molecule has 198 valence electrons. The standard InChI is InChI=1S/C35H32N4S/c1-19-23-11-9-8-10-20(23)16-26-29-28-24(14-15-36-29)25-17-22(13-12-21(25)18-27(28)40-30(19)26)31-37-32(34(2,3)4)39-33(38-31)35(5,6)7/h8-18H,1-7H3. The molecule has 0 spiro atoms. The van der Waals surface area contributed by atoms with Crippen molar-refractivity contribution >= 4 is 44.1 Å². The quantitative estimate of drug-likeness (QED) is 0.194. The smallest absolute Gasteiger partial charge is 0.163 e. The molecule has 0 aliphatic carbocycles. The summed E-state index contributed by atoms with van der Waals surface area (Å²) in [6.45, 7) is 15.2. The first-order chi connectivity index (χ1) is 19.0. The Bertz CT molecular complexity index is 1980. The number of pyridine rings is 1. The van der Waals surface area contributed by atoms with E-state index in [1.807, 2.05) is 18.0 Å². The van der Waals surface area contributed by atoms with Crippen LogP contribution in [0.1, 0.15) is 58.8 Å². The Morgan fingerprint density at radius 2 is 1.38 bits per heavy atom. The first-order valence-electron chi connectivity index (χ1n) is 13.8. The Balaban J connectivity index is 1.48. The third kappa shape index (κ3) is 3.90. The lowest BCUT2D eigenvalue weighted by molar-refractivity contribution is 0.497. The molecule has 1 aliphatic heterocycles. The maximum atomic E-state index is 4.97. The normalized spacial score (nSPS) is 13.3. The summed E-state index contributed by atoms with van der Waals surface area (Å²) in [4.78, 5) is 22.3. The van der Waals surface area contributed by atoms with Gasteiger partial charge in [-0.3, -0.25) is 4.98 Å². The maximum absolute atomic E-state index is 4.97. The lowest BCUT2D eigenvalue weighted by Gasteiger charge is -2.24. The van der Waals surface area contributed by atoms with Crippen LogP contribution in [-0.4, -0.2) is 19.9 Å². The van der Waals surface area contributed by atoms with Crippen molar-refractivity contribution in [1.29, 1.82) is 0 Å². The van der Waals surface area contributed by atoms with Gasteiger partial charge in [-0.25, -0.2) is 15.0 Å². The molecule has 7 rings (SSSR count). The topological polar surface area (TPSA) is 51.6 Å². The van der Waals surface area contributed by atoms with Crippen LogP contribution in [0.5, 0.6) is 0 Å². The third-order valence-electron chi connectivity index (χ3n) is 7.78. The van der Waals surface area contributed by atoms with Crippen molar-refractivity contribution in [2.75, 3.05) is 0 Å². The van der Waals surface area contributed by atoms with Gasteiger partial charge in [-0.05, 0) is 63.7 Å². The van der Waals surface area contributed by atoms with E-state index in [4.69, 9.17) is 19.9 Å². The van der Waals surface area contributed by atoms with Gasteiger partial charge in [-0.2, -0.15) is 0 Å². The molecule has 0 radical (unpaired) electrons. The number of aryl methyl sites for hydroxylation is 1. The Hall–Kier alpha value is -3.83. The van der Waals surface area contributed by atoms with Gasteiger partial charge in [0.05, 0.1) is 5.69 Å². The zero-order valence-corrected chi connectivity index (χ0v) is 24.9. The van der Waals surface area contributed by atoms with Crippen LogP contribution < -0.4 is 0 Å². The summed E-state index contributed by atoms with van der Waals surface area (Å²) in [7, 11) is 0. The monoisotopic (exact) mass is 540 g/mol. The third-order valence-corrected chi connectivity index (χ3v) is 9.05. The van der Waals surface area contributed by atoms with Gasteiger partial charge in [0.15, 0.2) is 5.82 Å². The highest BCUT2D eigenvalue weighted by atomic mass is 32.2. The van der Waals surface area contributed by atoms with Crippen molar-refractivity contribution in [3.63, 3.8) is 0 Å². The molecule has 40 heavy (non-hydrogen) atoms. The predicted molar refractivity (Wildman–Crippen MR) is 167 cm³/mol. The van der Waals surface area contributed by atoms with Crippen LogP contribution in [0.25, 0.3) is 55.0 Å². The van der Waals surface area contributed by atoms with Gasteiger partial charge in [-0.1, -0.05) is 89.7 Å². The molecule has 2 aromatic heterocycles. The Morgan fingerprint density at radius 1 is 0.675 bits per heavy atom. The Labute approximate surface area is 239 Å². The van der Waals surface area contributed by atoms with Crippen LogP contribution >= 0.6 is 11.8 Å². The van der Waals surface area contributed by atoms with Crippen molar-refractivity contribution in [3.05, 3.63) is 84.1 Å². The first kappa shape index (κ1) is 25.2. The van der Waals surface area contributed by atoms with E-state index in [1.54, 1.807) is 0 Å². The van der Waals surface area contributed by atoms with Crippen molar-refractivity contribution in [2.45, 2.75) is 69.1 Å². The van der Waals surface area contributed by atoms with Gasteiger partial charge in [0, 0.05) is 43.3 Å². The zero-order chi connectivity index (χ0) is 28.0. The lowest BCUT2D eigenvalue weighted by Crippen LogP contribution is -2.24. The molecule has 6 aromatic rings. The minimum Gasteiger partial charge on any atom is -0.256 e. The average Bonchev–Trinajstić information content (AvgIpc) is 2.92. The Kier molecular flexibility index (Phi) is 5.40. The minimum atomic E-state index is -0.180. The molecule has 0 bridgehead atoms. The fourth-order valence-electron chi connectivity index (χ4n) is 5.59.